The summed E-state index contributed by atoms with van der Waals surface area (Å²) < 4.78 is 5.43. The summed E-state index contributed by atoms with van der Waals surface area (Å²) in [5.74, 6) is 2.54. The fourth-order valence-corrected chi connectivity index (χ4v) is 3.30. The summed E-state index contributed by atoms with van der Waals surface area (Å²) in [6.45, 7) is 11.1. The molecule has 0 aromatic carbocycles. The first-order chi connectivity index (χ1) is 11.7. The highest BCUT2D eigenvalue weighted by Gasteiger charge is 2.17. The van der Waals surface area contributed by atoms with Crippen molar-refractivity contribution in [1.82, 2.24) is 20.7 Å². The molecule has 0 spiro atoms. The zero-order chi connectivity index (χ0) is 17.4. The molecule has 24 heavy (non-hydrogen) atoms. The average Bonchev–Trinajstić information content (AvgIpc) is 2.99. The number of aromatic nitrogens is 1. The molecule has 1 aromatic heterocycles. The van der Waals surface area contributed by atoms with E-state index in [0.717, 1.165) is 55.5 Å². The van der Waals surface area contributed by atoms with Crippen molar-refractivity contribution in [2.24, 2.45) is 10.9 Å². The fourth-order valence-electron chi connectivity index (χ4n) is 3.30. The average molecular weight is 335 g/mol. The van der Waals surface area contributed by atoms with Crippen LogP contribution in [0, 0.1) is 5.92 Å². The Labute approximate surface area is 146 Å². The van der Waals surface area contributed by atoms with Crippen LogP contribution in [-0.4, -0.2) is 49.2 Å². The van der Waals surface area contributed by atoms with Gasteiger partial charge in [-0.2, -0.15) is 0 Å². The Morgan fingerprint density at radius 1 is 1.29 bits per heavy atom. The molecular formula is C18H33N5O. The van der Waals surface area contributed by atoms with Crippen molar-refractivity contribution in [2.75, 3.05) is 33.2 Å². The lowest BCUT2D eigenvalue weighted by Crippen LogP contribution is -2.43. The lowest BCUT2D eigenvalue weighted by Gasteiger charge is -2.30. The third-order valence-corrected chi connectivity index (χ3v) is 4.63. The van der Waals surface area contributed by atoms with Gasteiger partial charge in [-0.3, -0.25) is 0 Å². The number of guanidine groups is 1. The van der Waals surface area contributed by atoms with Crippen molar-refractivity contribution in [3.63, 3.8) is 0 Å². The molecule has 1 aliphatic rings. The van der Waals surface area contributed by atoms with Crippen LogP contribution >= 0.6 is 0 Å². The van der Waals surface area contributed by atoms with Gasteiger partial charge in [0.1, 0.15) is 5.76 Å². The summed E-state index contributed by atoms with van der Waals surface area (Å²) in [6, 6.07) is 0. The minimum absolute atomic E-state index is 0.621. The molecule has 1 fully saturated rings. The van der Waals surface area contributed by atoms with E-state index in [-0.39, 0.29) is 0 Å². The van der Waals surface area contributed by atoms with Crippen LogP contribution in [0.4, 0.5) is 0 Å². The van der Waals surface area contributed by atoms with Gasteiger partial charge in [-0.25, -0.2) is 4.99 Å². The zero-order valence-electron chi connectivity index (χ0n) is 15.7. The van der Waals surface area contributed by atoms with Gasteiger partial charge in [-0.1, -0.05) is 19.0 Å². The van der Waals surface area contributed by atoms with Crippen LogP contribution in [0.15, 0.2) is 9.52 Å². The molecule has 0 radical (unpaired) electrons. The van der Waals surface area contributed by atoms with Gasteiger partial charge < -0.3 is 20.1 Å². The molecule has 2 rings (SSSR count). The number of aryl methyl sites for hydroxylation is 2. The van der Waals surface area contributed by atoms with Crippen LogP contribution in [0.1, 0.15) is 50.6 Å². The lowest BCUT2D eigenvalue weighted by molar-refractivity contribution is 0.210. The van der Waals surface area contributed by atoms with Crippen LogP contribution in [0.2, 0.25) is 0 Å². The smallest absolute Gasteiger partial charge is 0.191 e. The number of hydrogen-bond donors (Lipinski definition) is 2. The molecule has 1 saturated heterocycles. The molecule has 6 heteroatoms. The van der Waals surface area contributed by atoms with Gasteiger partial charge in [0.05, 0.1) is 12.2 Å². The van der Waals surface area contributed by atoms with E-state index in [4.69, 9.17) is 9.52 Å². The molecular weight excluding hydrogens is 302 g/mol. The molecule has 0 aliphatic carbocycles. The predicted molar refractivity (Wildman–Crippen MR) is 98.3 cm³/mol. The highest BCUT2D eigenvalue weighted by Crippen LogP contribution is 2.17. The molecule has 0 amide bonds. The molecule has 1 unspecified atom stereocenters. The van der Waals surface area contributed by atoms with E-state index in [0.29, 0.717) is 12.5 Å². The highest BCUT2D eigenvalue weighted by molar-refractivity contribution is 5.79. The maximum atomic E-state index is 5.43. The van der Waals surface area contributed by atoms with Crippen molar-refractivity contribution in [2.45, 2.75) is 53.0 Å². The highest BCUT2D eigenvalue weighted by atomic mass is 16.5. The van der Waals surface area contributed by atoms with Gasteiger partial charge >= 0.3 is 0 Å². The van der Waals surface area contributed by atoms with Gasteiger partial charge in [-0.15, -0.1) is 0 Å². The quantitative estimate of drug-likeness (QED) is 0.591. The summed E-state index contributed by atoms with van der Waals surface area (Å²) in [6.07, 6.45) is 4.32. The van der Waals surface area contributed by atoms with Crippen molar-refractivity contribution in [3.05, 3.63) is 17.0 Å². The second-order valence-corrected chi connectivity index (χ2v) is 6.58. The van der Waals surface area contributed by atoms with Crippen LogP contribution in [0.3, 0.4) is 0 Å². The van der Waals surface area contributed by atoms with Crippen molar-refractivity contribution in [3.8, 4) is 0 Å². The van der Waals surface area contributed by atoms with Crippen LogP contribution < -0.4 is 10.6 Å². The van der Waals surface area contributed by atoms with E-state index in [2.05, 4.69) is 48.5 Å². The van der Waals surface area contributed by atoms with Gasteiger partial charge in [0.2, 0.25) is 0 Å². The standard InChI is InChI=1S/C18H33N5O/c1-5-16-15(17(6-2)24-22-16)12-21-18(19-7-3)20-11-14-9-8-10-23(4)13-14/h14H,5-13H2,1-4H3,(H2,19,20,21). The van der Waals surface area contributed by atoms with Gasteiger partial charge in [-0.05, 0) is 45.7 Å². The third-order valence-electron chi connectivity index (χ3n) is 4.63. The summed E-state index contributed by atoms with van der Waals surface area (Å²) in [5.41, 5.74) is 2.18. The van der Waals surface area contributed by atoms with E-state index in [1.165, 1.54) is 19.4 Å². The Kier molecular flexibility index (Phi) is 7.56. The number of nitrogens with one attached hydrogen (secondary N) is 2. The molecule has 1 aliphatic heterocycles. The normalized spacial score (nSPS) is 19.5. The number of aliphatic imine (C=N–C) groups is 1. The molecule has 0 bridgehead atoms. The molecule has 6 nitrogen and oxygen atoms in total. The fraction of sp³-hybridized carbons (Fsp3) is 0.778. The monoisotopic (exact) mass is 335 g/mol. The molecule has 2 N–H and O–H groups in total. The van der Waals surface area contributed by atoms with E-state index >= 15 is 0 Å². The molecule has 0 saturated carbocycles. The van der Waals surface area contributed by atoms with Gasteiger partial charge in [0, 0.05) is 31.6 Å². The number of likely N-dealkylation sites (tertiary alicyclic amines) is 1. The summed E-state index contributed by atoms with van der Waals surface area (Å²) in [5, 5.41) is 11.0. The van der Waals surface area contributed by atoms with Crippen LogP contribution in [-0.2, 0) is 19.4 Å². The summed E-state index contributed by atoms with van der Waals surface area (Å²) in [4.78, 5) is 7.17. The van der Waals surface area contributed by atoms with Crippen molar-refractivity contribution < 1.29 is 4.52 Å². The first kappa shape index (κ1) is 18.8. The Bertz CT molecular complexity index is 504. The van der Waals surface area contributed by atoms with Gasteiger partial charge in [0.25, 0.3) is 0 Å². The van der Waals surface area contributed by atoms with E-state index in [1.54, 1.807) is 0 Å². The molecule has 2 heterocycles. The van der Waals surface area contributed by atoms with Crippen LogP contribution in [0.25, 0.3) is 0 Å². The minimum Gasteiger partial charge on any atom is -0.361 e. The number of piperidine rings is 1. The lowest BCUT2D eigenvalue weighted by atomic mass is 9.99. The molecule has 136 valence electrons. The third kappa shape index (κ3) is 5.23. The minimum atomic E-state index is 0.621. The SMILES string of the molecule is CCNC(=NCc1c(CC)noc1CC)NCC1CCCN(C)C1. The first-order valence-electron chi connectivity index (χ1n) is 9.34. The van der Waals surface area contributed by atoms with Crippen molar-refractivity contribution in [1.29, 1.82) is 0 Å². The topological polar surface area (TPSA) is 65.7 Å². The number of nitrogens with zero attached hydrogens (tertiary/aromatic N) is 3. The van der Waals surface area contributed by atoms with Crippen LogP contribution in [0.5, 0.6) is 0 Å². The van der Waals surface area contributed by atoms with E-state index < -0.39 is 0 Å². The van der Waals surface area contributed by atoms with Gasteiger partial charge in [0.15, 0.2) is 5.96 Å². The Morgan fingerprint density at radius 3 is 2.79 bits per heavy atom. The second-order valence-electron chi connectivity index (χ2n) is 6.58. The summed E-state index contributed by atoms with van der Waals surface area (Å²) in [7, 11) is 2.20. The Balaban J connectivity index is 1.96. The maximum Gasteiger partial charge on any atom is 0.191 e. The maximum absolute atomic E-state index is 5.43. The largest absolute Gasteiger partial charge is 0.361 e. The predicted octanol–water partition coefficient (Wildman–Crippen LogP) is 2.20. The second kappa shape index (κ2) is 9.67. The van der Waals surface area contributed by atoms with E-state index in [9.17, 15) is 0 Å². The number of hydrogen-bond acceptors (Lipinski definition) is 4. The Morgan fingerprint density at radius 2 is 2.12 bits per heavy atom. The summed E-state index contributed by atoms with van der Waals surface area (Å²) >= 11 is 0. The molecule has 1 aromatic rings. The number of rotatable bonds is 7. The zero-order valence-corrected chi connectivity index (χ0v) is 15.7. The van der Waals surface area contributed by atoms with E-state index in [1.807, 2.05) is 0 Å². The Hall–Kier alpha value is -1.56. The molecule has 1 atom stereocenters. The first-order valence-corrected chi connectivity index (χ1v) is 9.34. The van der Waals surface area contributed by atoms with Crippen molar-refractivity contribution >= 4 is 5.96 Å².